The van der Waals surface area contributed by atoms with Gasteiger partial charge in [0.2, 0.25) is 0 Å². The highest BCUT2D eigenvalue weighted by Gasteiger charge is 2.26. The van der Waals surface area contributed by atoms with Gasteiger partial charge in [-0.2, -0.15) is 0 Å². The molecule has 0 bridgehead atoms. The number of carboxylic acid groups (broad SMARTS) is 1. The largest absolute Gasteiger partial charge is 0.478 e. The molecule has 1 N–H and O–H groups in total. The van der Waals surface area contributed by atoms with E-state index in [1.807, 2.05) is 30.3 Å². The number of carbonyl (C=O) groups is 1. The fourth-order valence-electron chi connectivity index (χ4n) is 3.20. The molecule has 3 rings (SSSR count). The van der Waals surface area contributed by atoms with Crippen LogP contribution < -0.4 is 0 Å². The van der Waals surface area contributed by atoms with Crippen LogP contribution in [0.25, 0.3) is 6.08 Å². The van der Waals surface area contributed by atoms with Crippen LogP contribution in [0.4, 0.5) is 0 Å². The molecule has 0 saturated carbocycles. The molecule has 1 aliphatic rings. The summed E-state index contributed by atoms with van der Waals surface area (Å²) in [6.45, 7) is 2.84. The van der Waals surface area contributed by atoms with Crippen molar-refractivity contribution in [3.63, 3.8) is 0 Å². The van der Waals surface area contributed by atoms with E-state index < -0.39 is 5.97 Å². The van der Waals surface area contributed by atoms with Gasteiger partial charge in [0.05, 0.1) is 5.56 Å². The van der Waals surface area contributed by atoms with E-state index in [1.54, 1.807) is 12.1 Å². The van der Waals surface area contributed by atoms with Crippen molar-refractivity contribution in [3.05, 3.63) is 77.4 Å². The molecule has 23 heavy (non-hydrogen) atoms. The molecule has 1 aliphatic heterocycles. The second-order valence-electron chi connectivity index (χ2n) is 5.95. The summed E-state index contributed by atoms with van der Waals surface area (Å²) >= 11 is 0. The predicted octanol–water partition coefficient (Wildman–Crippen LogP) is 3.89. The fourth-order valence-corrected chi connectivity index (χ4v) is 3.20. The van der Waals surface area contributed by atoms with Crippen molar-refractivity contribution in [2.24, 2.45) is 0 Å². The van der Waals surface area contributed by atoms with Gasteiger partial charge in [-0.25, -0.2) is 4.79 Å². The summed E-state index contributed by atoms with van der Waals surface area (Å²) in [6, 6.07) is 17.7. The van der Waals surface area contributed by atoms with Crippen molar-refractivity contribution in [2.75, 3.05) is 19.6 Å². The van der Waals surface area contributed by atoms with Gasteiger partial charge in [-0.1, -0.05) is 60.7 Å². The summed E-state index contributed by atoms with van der Waals surface area (Å²) in [4.78, 5) is 13.7. The van der Waals surface area contributed by atoms with Crippen LogP contribution in [0, 0.1) is 0 Å². The molecule has 0 spiro atoms. The highest BCUT2D eigenvalue weighted by molar-refractivity contribution is 5.89. The zero-order valence-corrected chi connectivity index (χ0v) is 13.1. The van der Waals surface area contributed by atoms with Crippen molar-refractivity contribution in [3.8, 4) is 0 Å². The summed E-state index contributed by atoms with van der Waals surface area (Å²) in [5, 5.41) is 9.33. The summed E-state index contributed by atoms with van der Waals surface area (Å²) in [7, 11) is 0. The molecule has 1 saturated heterocycles. The van der Waals surface area contributed by atoms with Crippen LogP contribution in [0.5, 0.6) is 0 Å². The predicted molar refractivity (Wildman–Crippen MR) is 92.7 cm³/mol. The van der Waals surface area contributed by atoms with Gasteiger partial charge in [0.25, 0.3) is 0 Å². The van der Waals surface area contributed by atoms with Crippen LogP contribution in [0.15, 0.2) is 60.7 Å². The van der Waals surface area contributed by atoms with Crippen LogP contribution in [-0.2, 0) is 0 Å². The third-order valence-corrected chi connectivity index (χ3v) is 4.38. The van der Waals surface area contributed by atoms with E-state index in [2.05, 4.69) is 29.2 Å². The highest BCUT2D eigenvalue weighted by atomic mass is 16.4. The number of benzene rings is 2. The molecule has 0 radical (unpaired) electrons. The molecule has 3 nitrogen and oxygen atoms in total. The molecule has 118 valence electrons. The SMILES string of the molecule is O=C(O)c1ccccc1C1CCN(C/C=C/c2ccccc2)C1. The lowest BCUT2D eigenvalue weighted by atomic mass is 9.93. The first kappa shape index (κ1) is 15.5. The minimum atomic E-state index is -0.831. The number of hydrogen-bond acceptors (Lipinski definition) is 2. The van der Waals surface area contributed by atoms with E-state index in [9.17, 15) is 9.90 Å². The monoisotopic (exact) mass is 307 g/mol. The van der Waals surface area contributed by atoms with Gasteiger partial charge in [-0.3, -0.25) is 4.90 Å². The number of carboxylic acids is 1. The average Bonchev–Trinajstić information content (AvgIpc) is 3.04. The molecular weight excluding hydrogens is 286 g/mol. The van der Waals surface area contributed by atoms with Crippen molar-refractivity contribution >= 4 is 12.0 Å². The summed E-state index contributed by atoms with van der Waals surface area (Å²) in [5.41, 5.74) is 2.62. The van der Waals surface area contributed by atoms with Crippen LogP contribution in [0.2, 0.25) is 0 Å². The zero-order valence-electron chi connectivity index (χ0n) is 13.1. The quantitative estimate of drug-likeness (QED) is 0.911. The van der Waals surface area contributed by atoms with E-state index >= 15 is 0 Å². The molecule has 1 unspecified atom stereocenters. The third-order valence-electron chi connectivity index (χ3n) is 4.38. The lowest BCUT2D eigenvalue weighted by Gasteiger charge is -2.15. The van der Waals surface area contributed by atoms with Crippen molar-refractivity contribution < 1.29 is 9.90 Å². The van der Waals surface area contributed by atoms with Crippen LogP contribution in [-0.4, -0.2) is 35.6 Å². The summed E-state index contributed by atoms with van der Waals surface area (Å²) in [5.74, 6) is -0.518. The van der Waals surface area contributed by atoms with Gasteiger partial charge in [0.15, 0.2) is 0 Å². The second kappa shape index (κ2) is 7.25. The second-order valence-corrected chi connectivity index (χ2v) is 5.95. The maximum Gasteiger partial charge on any atom is 0.335 e. The van der Waals surface area contributed by atoms with Crippen LogP contribution >= 0.6 is 0 Å². The van der Waals surface area contributed by atoms with E-state index in [-0.39, 0.29) is 0 Å². The third kappa shape index (κ3) is 3.88. The van der Waals surface area contributed by atoms with Gasteiger partial charge < -0.3 is 5.11 Å². The topological polar surface area (TPSA) is 40.5 Å². The van der Waals surface area contributed by atoms with Crippen molar-refractivity contribution in [1.29, 1.82) is 0 Å². The van der Waals surface area contributed by atoms with Gasteiger partial charge in [0, 0.05) is 13.1 Å². The number of nitrogens with zero attached hydrogens (tertiary/aromatic N) is 1. The summed E-state index contributed by atoms with van der Waals surface area (Å²) in [6.07, 6.45) is 5.34. The Morgan fingerprint density at radius 3 is 2.65 bits per heavy atom. The number of aromatic carboxylic acids is 1. The normalized spacial score (nSPS) is 18.5. The molecule has 2 aromatic carbocycles. The lowest BCUT2D eigenvalue weighted by molar-refractivity contribution is 0.0695. The first-order valence-electron chi connectivity index (χ1n) is 8.00. The van der Waals surface area contributed by atoms with Crippen molar-refractivity contribution in [2.45, 2.75) is 12.3 Å². The smallest absolute Gasteiger partial charge is 0.335 e. The van der Waals surface area contributed by atoms with E-state index in [4.69, 9.17) is 0 Å². The van der Waals surface area contributed by atoms with Gasteiger partial charge >= 0.3 is 5.97 Å². The Balaban J connectivity index is 1.61. The minimum absolute atomic E-state index is 0.312. The fraction of sp³-hybridized carbons (Fsp3) is 0.250. The Morgan fingerprint density at radius 2 is 1.87 bits per heavy atom. The van der Waals surface area contributed by atoms with Gasteiger partial charge in [-0.05, 0) is 36.1 Å². The highest BCUT2D eigenvalue weighted by Crippen LogP contribution is 2.29. The maximum absolute atomic E-state index is 11.4. The van der Waals surface area contributed by atoms with Crippen molar-refractivity contribution in [1.82, 2.24) is 4.90 Å². The van der Waals surface area contributed by atoms with Gasteiger partial charge in [-0.15, -0.1) is 0 Å². The van der Waals surface area contributed by atoms with Gasteiger partial charge in [0.1, 0.15) is 0 Å². The molecule has 1 heterocycles. The molecule has 3 heteroatoms. The molecule has 2 aromatic rings. The Labute approximate surface area is 136 Å². The lowest BCUT2D eigenvalue weighted by Crippen LogP contribution is -2.20. The zero-order chi connectivity index (χ0) is 16.1. The molecule has 0 aliphatic carbocycles. The molecule has 0 aromatic heterocycles. The van der Waals surface area contributed by atoms with E-state index in [0.29, 0.717) is 11.5 Å². The first-order chi connectivity index (χ1) is 11.2. The molecule has 0 amide bonds. The molecule has 1 atom stereocenters. The van der Waals surface area contributed by atoms with Crippen LogP contribution in [0.3, 0.4) is 0 Å². The number of hydrogen-bond donors (Lipinski definition) is 1. The molecule has 1 fully saturated rings. The first-order valence-corrected chi connectivity index (χ1v) is 8.00. The molecular formula is C20H21NO2. The standard InChI is InChI=1S/C20H21NO2/c22-20(23)19-11-5-4-10-18(19)17-12-14-21(15-17)13-6-9-16-7-2-1-3-8-16/h1-11,17H,12-15H2,(H,22,23)/b9-6+. The minimum Gasteiger partial charge on any atom is -0.478 e. The Kier molecular flexibility index (Phi) is 4.89. The average molecular weight is 307 g/mol. The Morgan fingerprint density at radius 1 is 1.13 bits per heavy atom. The number of rotatable bonds is 5. The Bertz CT molecular complexity index is 694. The summed E-state index contributed by atoms with van der Waals surface area (Å²) < 4.78 is 0. The van der Waals surface area contributed by atoms with Crippen LogP contribution in [0.1, 0.15) is 33.8 Å². The Hall–Kier alpha value is -2.39. The maximum atomic E-state index is 11.4. The van der Waals surface area contributed by atoms with E-state index in [0.717, 1.165) is 31.6 Å². The number of likely N-dealkylation sites (tertiary alicyclic amines) is 1. The van der Waals surface area contributed by atoms with E-state index in [1.165, 1.54) is 5.56 Å².